The van der Waals surface area contributed by atoms with Gasteiger partial charge in [0.05, 0.1) is 12.7 Å². The van der Waals surface area contributed by atoms with Gasteiger partial charge in [-0.05, 0) is 12.8 Å². The van der Waals surface area contributed by atoms with Gasteiger partial charge in [-0.2, -0.15) is 0 Å². The van der Waals surface area contributed by atoms with Gasteiger partial charge in [-0.25, -0.2) is 4.39 Å². The predicted octanol–water partition coefficient (Wildman–Crippen LogP) is 2.68. The van der Waals surface area contributed by atoms with Gasteiger partial charge in [0.15, 0.2) is 12.5 Å². The zero-order chi connectivity index (χ0) is 15.0. The number of hydrogen-bond donors (Lipinski definition) is 1. The number of aliphatic hydroxyl groups is 1. The molecular formula is C15H29FO4. The topological polar surface area (TPSA) is 47.9 Å². The lowest BCUT2D eigenvalue weighted by molar-refractivity contribution is -0.263. The molecule has 0 bridgehead atoms. The first-order valence-electron chi connectivity index (χ1n) is 7.78. The molecule has 1 rings (SSSR count). The van der Waals surface area contributed by atoms with E-state index in [2.05, 4.69) is 13.8 Å². The minimum absolute atomic E-state index is 0.165. The molecule has 0 radical (unpaired) electrons. The quantitative estimate of drug-likeness (QED) is 0.664. The van der Waals surface area contributed by atoms with Gasteiger partial charge in [-0.15, -0.1) is 0 Å². The molecule has 1 aliphatic rings. The van der Waals surface area contributed by atoms with Crippen LogP contribution in [0.2, 0.25) is 0 Å². The van der Waals surface area contributed by atoms with E-state index in [1.54, 1.807) is 6.92 Å². The average molecular weight is 292 g/mol. The number of unbranched alkanes of at least 4 members (excludes halogenated alkanes) is 2. The Labute approximate surface area is 121 Å². The van der Waals surface area contributed by atoms with Crippen molar-refractivity contribution in [1.29, 1.82) is 0 Å². The Morgan fingerprint density at radius 2 is 1.80 bits per heavy atom. The lowest BCUT2D eigenvalue weighted by Gasteiger charge is -2.40. The summed E-state index contributed by atoms with van der Waals surface area (Å²) in [6.07, 6.45) is 0.257. The molecule has 0 saturated carbocycles. The summed E-state index contributed by atoms with van der Waals surface area (Å²) in [4.78, 5) is 0. The Bertz CT molecular complexity index is 252. The summed E-state index contributed by atoms with van der Waals surface area (Å²) >= 11 is 0. The Kier molecular flexibility index (Phi) is 8.61. The van der Waals surface area contributed by atoms with Crippen LogP contribution in [-0.4, -0.2) is 49.6 Å². The Hall–Kier alpha value is -0.230. The first-order valence-corrected chi connectivity index (χ1v) is 7.78. The van der Waals surface area contributed by atoms with Crippen LogP contribution in [-0.2, 0) is 14.2 Å². The maximum absolute atomic E-state index is 14.4. The second-order valence-corrected chi connectivity index (χ2v) is 5.49. The molecule has 1 heterocycles. The highest BCUT2D eigenvalue weighted by molar-refractivity contribution is 4.88. The molecule has 5 heteroatoms. The molecule has 1 saturated heterocycles. The van der Waals surface area contributed by atoms with Crippen molar-refractivity contribution in [3.8, 4) is 0 Å². The summed E-state index contributed by atoms with van der Waals surface area (Å²) < 4.78 is 30.8. The van der Waals surface area contributed by atoms with Crippen molar-refractivity contribution in [2.75, 3.05) is 19.8 Å². The van der Waals surface area contributed by atoms with Gasteiger partial charge in [-0.3, -0.25) is 0 Å². The first kappa shape index (κ1) is 17.8. The van der Waals surface area contributed by atoms with Gasteiger partial charge in [-0.1, -0.05) is 33.6 Å². The molecule has 120 valence electrons. The van der Waals surface area contributed by atoms with Crippen LogP contribution in [0, 0.1) is 5.92 Å². The van der Waals surface area contributed by atoms with Crippen LogP contribution in [0.4, 0.5) is 4.39 Å². The highest BCUT2D eigenvalue weighted by Gasteiger charge is 2.44. The minimum Gasteiger partial charge on any atom is -0.379 e. The molecule has 1 N–H and O–H groups in total. The van der Waals surface area contributed by atoms with Crippen LogP contribution in [0.3, 0.4) is 0 Å². The zero-order valence-electron chi connectivity index (χ0n) is 12.9. The molecule has 5 atom stereocenters. The number of alkyl halides is 1. The van der Waals surface area contributed by atoms with Crippen LogP contribution in [0.1, 0.15) is 46.5 Å². The van der Waals surface area contributed by atoms with Crippen molar-refractivity contribution in [2.45, 2.75) is 71.1 Å². The van der Waals surface area contributed by atoms with E-state index in [-0.39, 0.29) is 12.5 Å². The normalized spacial score (nSPS) is 34.4. The minimum atomic E-state index is -1.26. The van der Waals surface area contributed by atoms with E-state index in [4.69, 9.17) is 14.2 Å². The van der Waals surface area contributed by atoms with Crippen molar-refractivity contribution in [3.63, 3.8) is 0 Å². The predicted molar refractivity (Wildman–Crippen MR) is 75.3 cm³/mol. The lowest BCUT2D eigenvalue weighted by Crippen LogP contribution is -2.54. The van der Waals surface area contributed by atoms with Crippen LogP contribution in [0.5, 0.6) is 0 Å². The second kappa shape index (κ2) is 9.66. The van der Waals surface area contributed by atoms with E-state index in [1.807, 2.05) is 0 Å². The largest absolute Gasteiger partial charge is 0.379 e. The highest BCUT2D eigenvalue weighted by atomic mass is 19.1. The van der Waals surface area contributed by atoms with E-state index < -0.39 is 24.7 Å². The number of halogens is 1. The smallest absolute Gasteiger partial charge is 0.160 e. The van der Waals surface area contributed by atoms with Crippen molar-refractivity contribution in [1.82, 2.24) is 0 Å². The third kappa shape index (κ3) is 5.28. The molecule has 4 unspecified atom stereocenters. The highest BCUT2D eigenvalue weighted by Crippen LogP contribution is 2.29. The van der Waals surface area contributed by atoms with E-state index in [1.165, 1.54) is 0 Å². The van der Waals surface area contributed by atoms with Crippen LogP contribution in [0.15, 0.2) is 0 Å². The first-order chi connectivity index (χ1) is 9.61. The maximum Gasteiger partial charge on any atom is 0.160 e. The fourth-order valence-electron chi connectivity index (χ4n) is 2.23. The molecule has 0 aromatic heterocycles. The zero-order valence-corrected chi connectivity index (χ0v) is 12.9. The second-order valence-electron chi connectivity index (χ2n) is 5.49. The summed E-state index contributed by atoms with van der Waals surface area (Å²) in [6, 6.07) is 0. The van der Waals surface area contributed by atoms with Crippen LogP contribution in [0.25, 0.3) is 0 Å². The summed E-state index contributed by atoms with van der Waals surface area (Å²) in [5, 5.41) is 9.87. The molecular weight excluding hydrogens is 263 g/mol. The number of aliphatic hydroxyl groups excluding tert-OH is 1. The molecule has 0 amide bonds. The number of hydrogen-bond acceptors (Lipinski definition) is 4. The van der Waals surface area contributed by atoms with E-state index in [9.17, 15) is 9.50 Å². The van der Waals surface area contributed by atoms with E-state index in [0.29, 0.717) is 13.2 Å². The average Bonchev–Trinajstić information content (AvgIpc) is 2.44. The fourth-order valence-corrected chi connectivity index (χ4v) is 2.23. The Morgan fingerprint density at radius 3 is 2.45 bits per heavy atom. The molecule has 20 heavy (non-hydrogen) atoms. The lowest BCUT2D eigenvalue weighted by atomic mass is 9.93. The summed E-state index contributed by atoms with van der Waals surface area (Å²) in [6.45, 7) is 7.16. The van der Waals surface area contributed by atoms with E-state index >= 15 is 0 Å². The molecule has 1 fully saturated rings. The van der Waals surface area contributed by atoms with Gasteiger partial charge in [0.25, 0.3) is 0 Å². The van der Waals surface area contributed by atoms with Crippen LogP contribution < -0.4 is 0 Å². The monoisotopic (exact) mass is 292 g/mol. The fraction of sp³-hybridized carbons (Fsp3) is 1.00. The molecule has 0 aromatic carbocycles. The van der Waals surface area contributed by atoms with E-state index in [0.717, 1.165) is 25.7 Å². The van der Waals surface area contributed by atoms with Gasteiger partial charge in [0.2, 0.25) is 0 Å². The summed E-state index contributed by atoms with van der Waals surface area (Å²) in [5.41, 5.74) is 0. The number of ether oxygens (including phenoxy) is 3. The Balaban J connectivity index is 2.46. The molecule has 0 spiro atoms. The molecule has 1 aliphatic heterocycles. The standard InChI is InChI=1S/C15H29FO4/c1-4-6-8-18-10-12-13(16)14(19-9-7-5-2)11(3)15(17)20-12/h11-15,17H,4-10H2,1-3H3/t11-,12?,13?,14?,15?/m1/s1. The maximum atomic E-state index is 14.4. The Morgan fingerprint density at radius 1 is 1.15 bits per heavy atom. The molecule has 0 aromatic rings. The summed E-state index contributed by atoms with van der Waals surface area (Å²) in [5.74, 6) is -0.367. The van der Waals surface area contributed by atoms with Crippen molar-refractivity contribution in [2.24, 2.45) is 5.92 Å². The van der Waals surface area contributed by atoms with Crippen LogP contribution >= 0.6 is 0 Å². The van der Waals surface area contributed by atoms with Crippen molar-refractivity contribution < 1.29 is 23.7 Å². The third-order valence-corrected chi connectivity index (χ3v) is 3.68. The van der Waals surface area contributed by atoms with Gasteiger partial charge in [0, 0.05) is 19.1 Å². The van der Waals surface area contributed by atoms with Crippen molar-refractivity contribution >= 4 is 0 Å². The SMILES string of the molecule is CCCCOCC1OC(O)[C@H](C)C(OCCCC)C1F. The van der Waals surface area contributed by atoms with Crippen molar-refractivity contribution in [3.05, 3.63) is 0 Å². The third-order valence-electron chi connectivity index (χ3n) is 3.68. The molecule has 4 nitrogen and oxygen atoms in total. The van der Waals surface area contributed by atoms with Gasteiger partial charge >= 0.3 is 0 Å². The number of rotatable bonds is 9. The van der Waals surface area contributed by atoms with Gasteiger partial charge in [0.1, 0.15) is 6.10 Å². The molecule has 0 aliphatic carbocycles. The van der Waals surface area contributed by atoms with Gasteiger partial charge < -0.3 is 19.3 Å². The summed E-state index contributed by atoms with van der Waals surface area (Å²) in [7, 11) is 0.